The van der Waals surface area contributed by atoms with Crippen molar-refractivity contribution in [2.24, 2.45) is 19.9 Å². The fourth-order valence-electron chi connectivity index (χ4n) is 6.10. The Morgan fingerprint density at radius 1 is 0.857 bits per heavy atom. The first kappa shape index (κ1) is 20.2. The van der Waals surface area contributed by atoms with Crippen LogP contribution in [0.2, 0.25) is 0 Å². The highest BCUT2D eigenvalue weighted by atomic mass is 16.5. The first-order valence-electron chi connectivity index (χ1n) is 16.6. The molecular weight excluding hydrogens is 532 g/mol. The van der Waals surface area contributed by atoms with E-state index < -0.39 is 14.0 Å². The second-order valence-electron chi connectivity index (χ2n) is 10.2. The lowest BCUT2D eigenvalue weighted by atomic mass is 9.86. The lowest BCUT2D eigenvalue weighted by Crippen LogP contribution is -2.26. The Labute approximate surface area is 251 Å². The normalized spacial score (nSPS) is 17.7. The fraction of sp³-hybridized carbons (Fsp3) is 0.323. The quantitative estimate of drug-likeness (QED) is 0.269. The molecule has 11 heteroatoms. The Bertz CT molecular complexity index is 1980. The molecule has 7 rings (SSSR count). The summed E-state index contributed by atoms with van der Waals surface area (Å²) in [4.78, 5) is 4.89. The Kier molecular flexibility index (Phi) is 5.07. The highest BCUT2D eigenvalue weighted by Gasteiger charge is 2.31. The molecule has 0 aliphatic carbocycles. The number of ether oxygens (including phenoxy) is 3. The minimum Gasteiger partial charge on any atom is -0.478 e. The number of hydrogen-bond donors (Lipinski definition) is 0. The number of methoxy groups -OCH3 is 2. The summed E-state index contributed by atoms with van der Waals surface area (Å²) in [5.41, 5.74) is 4.63. The highest BCUT2D eigenvalue weighted by molar-refractivity contribution is 6.08. The van der Waals surface area contributed by atoms with Crippen LogP contribution in [0.25, 0.3) is 44.5 Å². The van der Waals surface area contributed by atoms with Gasteiger partial charge >= 0.3 is 0 Å². The molecule has 0 unspecified atom stereocenters. The number of rotatable bonds is 7. The van der Waals surface area contributed by atoms with Crippen LogP contribution >= 0.6 is 0 Å². The summed E-state index contributed by atoms with van der Waals surface area (Å²) < 4.78 is 69.2. The first-order chi connectivity index (χ1) is 23.0. The third-order valence-corrected chi connectivity index (χ3v) is 7.98. The van der Waals surface area contributed by atoms with Gasteiger partial charge in [0.1, 0.15) is 11.4 Å². The number of aromatic nitrogens is 8. The van der Waals surface area contributed by atoms with Crippen molar-refractivity contribution in [3.63, 3.8) is 0 Å². The molecule has 0 bridgehead atoms. The third kappa shape index (κ3) is 4.19. The molecule has 11 nitrogen and oxygen atoms in total. The predicted octanol–water partition coefficient (Wildman–Crippen LogP) is 4.81. The van der Waals surface area contributed by atoms with Crippen molar-refractivity contribution in [2.45, 2.75) is 18.9 Å². The maximum atomic E-state index is 8.09. The number of benzene rings is 2. The van der Waals surface area contributed by atoms with Crippen molar-refractivity contribution in [2.75, 3.05) is 27.4 Å². The Morgan fingerprint density at radius 2 is 1.52 bits per heavy atom. The molecule has 214 valence electrons. The van der Waals surface area contributed by atoms with Crippen LogP contribution < -0.4 is 9.47 Å². The zero-order chi connectivity index (χ0) is 33.8. The Hall–Kier alpha value is -4.77. The summed E-state index contributed by atoms with van der Waals surface area (Å²) in [6.07, 6.45) is 3.20. The Balaban J connectivity index is 1.56. The van der Waals surface area contributed by atoms with Crippen LogP contribution in [0.3, 0.4) is 0 Å². The van der Waals surface area contributed by atoms with E-state index in [0.29, 0.717) is 29.9 Å². The molecule has 1 atom stereocenters. The second kappa shape index (κ2) is 10.6. The number of pyridine rings is 1. The molecule has 1 fully saturated rings. The number of fused-ring (bicyclic) bond motifs is 3. The molecule has 1 saturated heterocycles. The summed E-state index contributed by atoms with van der Waals surface area (Å²) >= 11 is 0. The van der Waals surface area contributed by atoms with E-state index in [-0.39, 0.29) is 35.1 Å². The largest absolute Gasteiger partial charge is 0.478 e. The van der Waals surface area contributed by atoms with E-state index in [1.165, 1.54) is 14.2 Å². The molecule has 1 aliphatic rings. The van der Waals surface area contributed by atoms with Crippen molar-refractivity contribution in [1.82, 2.24) is 39.5 Å². The van der Waals surface area contributed by atoms with Gasteiger partial charge in [-0.1, -0.05) is 57.0 Å². The maximum Gasteiger partial charge on any atom is 0.261 e. The van der Waals surface area contributed by atoms with E-state index in [1.54, 1.807) is 12.3 Å². The molecule has 5 heterocycles. The predicted molar refractivity (Wildman–Crippen MR) is 158 cm³/mol. The Morgan fingerprint density at radius 3 is 2.19 bits per heavy atom. The van der Waals surface area contributed by atoms with Crippen LogP contribution in [0.5, 0.6) is 11.8 Å². The molecule has 0 N–H and O–H groups in total. The molecule has 0 radical (unpaired) electrons. The lowest BCUT2D eigenvalue weighted by molar-refractivity contribution is 0.0553. The number of nitrogens with zero attached hydrogens (tertiary/aromatic N) is 8. The maximum absolute atomic E-state index is 8.09. The molecule has 0 spiro atoms. The van der Waals surface area contributed by atoms with E-state index in [4.69, 9.17) is 27.4 Å². The van der Waals surface area contributed by atoms with E-state index in [9.17, 15) is 0 Å². The number of aryl methyl sites for hydroxylation is 2. The van der Waals surface area contributed by atoms with E-state index in [1.807, 2.05) is 36.4 Å². The van der Waals surface area contributed by atoms with Gasteiger partial charge < -0.3 is 18.8 Å². The summed E-state index contributed by atoms with van der Waals surface area (Å²) in [6.45, 7) is -4.00. The summed E-state index contributed by atoms with van der Waals surface area (Å²) in [6, 6.07) is 17.4. The van der Waals surface area contributed by atoms with Crippen LogP contribution in [0.15, 0.2) is 60.8 Å². The van der Waals surface area contributed by atoms with Crippen LogP contribution in [-0.2, 0) is 18.7 Å². The van der Waals surface area contributed by atoms with Crippen LogP contribution in [0.1, 0.15) is 32.7 Å². The molecule has 4 aromatic heterocycles. The number of hydrogen-bond acceptors (Lipinski definition) is 8. The minimum atomic E-state index is -2.62. The third-order valence-electron chi connectivity index (χ3n) is 7.98. The molecule has 2 aromatic carbocycles. The van der Waals surface area contributed by atoms with E-state index in [0.717, 1.165) is 44.2 Å². The SMILES string of the molecule is [2H]C([2H])([2H])n1nnc(OC)c1-c1ccc2c3ncc(-c4c(OC)nnn4C([2H])([2H])[2H])cc3n([C@H](c3ccccc3)C3CCOCC3)c2c1. The van der Waals surface area contributed by atoms with E-state index >= 15 is 0 Å². The molecule has 6 aromatic rings. The fourth-order valence-corrected chi connectivity index (χ4v) is 6.10. The van der Waals surface area contributed by atoms with Gasteiger partial charge in [-0.3, -0.25) is 4.98 Å². The summed E-state index contributed by atoms with van der Waals surface area (Å²) in [5, 5.41) is 16.6. The van der Waals surface area contributed by atoms with Gasteiger partial charge in [0.25, 0.3) is 11.8 Å². The van der Waals surface area contributed by atoms with Crippen LogP contribution in [-0.4, -0.2) is 67.0 Å². The topological polar surface area (TPSA) is 107 Å². The van der Waals surface area contributed by atoms with Gasteiger partial charge in [0, 0.05) is 58.1 Å². The van der Waals surface area contributed by atoms with Crippen LogP contribution in [0.4, 0.5) is 0 Å². The molecule has 0 amide bonds. The summed E-state index contributed by atoms with van der Waals surface area (Å²) in [7, 11) is 2.83. The average Bonchev–Trinajstić information content (AvgIpc) is 3.80. The van der Waals surface area contributed by atoms with Gasteiger partial charge in [0.2, 0.25) is 0 Å². The van der Waals surface area contributed by atoms with Crippen molar-refractivity contribution in [3.8, 4) is 34.3 Å². The van der Waals surface area contributed by atoms with Crippen molar-refractivity contribution in [3.05, 3.63) is 66.4 Å². The van der Waals surface area contributed by atoms with Crippen molar-refractivity contribution >= 4 is 21.9 Å². The van der Waals surface area contributed by atoms with Gasteiger partial charge in [-0.25, -0.2) is 9.36 Å². The van der Waals surface area contributed by atoms with Gasteiger partial charge in [-0.2, -0.15) is 0 Å². The second-order valence-corrected chi connectivity index (χ2v) is 10.2. The standard InChI is InChI=1S/C31H32N8O3/c1-37-28(30(40-3)33-35-37)21-10-11-23-24(16-21)39(27(19-8-6-5-7-9-19)20-12-14-42-15-13-20)25-17-22(18-32-26(23)25)29-31(41-4)34-36-38(29)2/h5-11,16-18,20,27H,12-15H2,1-4H3/t27-/m1/s1/i1D3,2D3. The van der Waals surface area contributed by atoms with Gasteiger partial charge in [0.15, 0.2) is 0 Å². The zero-order valence-corrected chi connectivity index (χ0v) is 23.1. The van der Waals surface area contributed by atoms with Crippen molar-refractivity contribution in [1.29, 1.82) is 0 Å². The smallest absolute Gasteiger partial charge is 0.261 e. The first-order valence-corrected chi connectivity index (χ1v) is 13.6. The monoisotopic (exact) mass is 570 g/mol. The minimum absolute atomic E-state index is 0.0544. The van der Waals surface area contributed by atoms with Gasteiger partial charge in [0.05, 0.1) is 36.8 Å². The van der Waals surface area contributed by atoms with Gasteiger partial charge in [-0.15, -0.1) is 0 Å². The lowest BCUT2D eigenvalue weighted by Gasteiger charge is -2.33. The van der Waals surface area contributed by atoms with Crippen molar-refractivity contribution < 1.29 is 22.4 Å². The summed E-state index contributed by atoms with van der Waals surface area (Å²) in [5.74, 6) is 0.300. The van der Waals surface area contributed by atoms with Gasteiger partial charge in [-0.05, 0) is 42.5 Å². The molecule has 0 saturated carbocycles. The molecule has 1 aliphatic heterocycles. The molecule has 42 heavy (non-hydrogen) atoms. The zero-order valence-electron chi connectivity index (χ0n) is 29.1. The highest BCUT2D eigenvalue weighted by Crippen LogP contribution is 2.43. The van der Waals surface area contributed by atoms with Crippen LogP contribution in [0, 0.1) is 5.92 Å². The van der Waals surface area contributed by atoms with E-state index in [2.05, 4.69) is 37.3 Å². The average molecular weight is 571 g/mol. The molecular formula is C31H32N8O3.